The number of para-hydroxylation sites is 1. The van der Waals surface area contributed by atoms with Crippen molar-refractivity contribution < 1.29 is 14.1 Å². The smallest absolute Gasteiger partial charge is 0.293 e. The van der Waals surface area contributed by atoms with Crippen molar-refractivity contribution in [3.63, 3.8) is 0 Å². The van der Waals surface area contributed by atoms with Gasteiger partial charge in [0.15, 0.2) is 10.9 Å². The minimum Gasteiger partial charge on any atom is -0.451 e. The number of nitrogens with zero attached hydrogens (tertiary/aromatic N) is 3. The molecule has 1 saturated heterocycles. The van der Waals surface area contributed by atoms with E-state index in [1.807, 2.05) is 24.3 Å². The van der Waals surface area contributed by atoms with Gasteiger partial charge in [0.2, 0.25) is 0 Å². The maximum Gasteiger partial charge on any atom is 0.293 e. The number of carbonyl (C=O) groups excluding carboxylic acids is 1. The van der Waals surface area contributed by atoms with Crippen molar-refractivity contribution >= 4 is 40.3 Å². The number of thiocarbonyl (C=S) groups is 1. The second kappa shape index (κ2) is 10.4. The molecule has 1 fully saturated rings. The molecule has 1 aliphatic rings. The molecule has 9 nitrogen and oxygen atoms in total. The number of anilines is 2. The topological polar surface area (TPSA) is 104 Å². The molecular weight excluding hydrogens is 454 g/mol. The summed E-state index contributed by atoms with van der Waals surface area (Å²) in [5.74, 6) is -0.321. The van der Waals surface area contributed by atoms with Crippen molar-refractivity contribution in [3.05, 3.63) is 76.5 Å². The molecule has 176 valence electrons. The molecule has 0 unspecified atom stereocenters. The fourth-order valence-corrected chi connectivity index (χ4v) is 4.06. The SMILES string of the molecule is CCN1CCN(c2ccc(NC(=S)NC(=O)c3ccc(-c4ccccc4[N+](=O)[O-])o3)cc2)CC1. The van der Waals surface area contributed by atoms with Crippen LogP contribution in [0, 0.1) is 10.1 Å². The lowest BCUT2D eigenvalue weighted by atomic mass is 10.1. The van der Waals surface area contributed by atoms with Gasteiger partial charge >= 0.3 is 0 Å². The monoisotopic (exact) mass is 479 g/mol. The molecule has 3 aromatic rings. The average molecular weight is 480 g/mol. The van der Waals surface area contributed by atoms with Gasteiger partial charge in [0.25, 0.3) is 11.6 Å². The lowest BCUT2D eigenvalue weighted by molar-refractivity contribution is -0.384. The molecule has 34 heavy (non-hydrogen) atoms. The van der Waals surface area contributed by atoms with Crippen LogP contribution in [-0.4, -0.2) is 53.6 Å². The van der Waals surface area contributed by atoms with Crippen LogP contribution in [0.4, 0.5) is 17.1 Å². The Hall–Kier alpha value is -3.76. The van der Waals surface area contributed by atoms with E-state index in [0.717, 1.165) is 44.1 Å². The zero-order valence-corrected chi connectivity index (χ0v) is 19.5. The molecule has 10 heteroatoms. The van der Waals surface area contributed by atoms with Crippen LogP contribution >= 0.6 is 12.2 Å². The molecule has 0 aliphatic carbocycles. The largest absolute Gasteiger partial charge is 0.451 e. The van der Waals surface area contributed by atoms with Gasteiger partial charge in [-0.2, -0.15) is 0 Å². The molecule has 0 atom stereocenters. The zero-order valence-electron chi connectivity index (χ0n) is 18.7. The van der Waals surface area contributed by atoms with E-state index in [-0.39, 0.29) is 22.3 Å². The molecule has 2 aromatic carbocycles. The van der Waals surface area contributed by atoms with Gasteiger partial charge in [0, 0.05) is 43.6 Å². The third kappa shape index (κ3) is 5.41. The number of hydrogen-bond donors (Lipinski definition) is 2. The normalized spacial score (nSPS) is 14.0. The van der Waals surface area contributed by atoms with Crippen LogP contribution in [0.2, 0.25) is 0 Å². The Morgan fingerprint density at radius 1 is 1.06 bits per heavy atom. The highest BCUT2D eigenvalue weighted by atomic mass is 32.1. The van der Waals surface area contributed by atoms with Gasteiger partial charge in [-0.05, 0) is 61.2 Å². The summed E-state index contributed by atoms with van der Waals surface area (Å²) < 4.78 is 5.56. The number of nitro benzene ring substituents is 1. The lowest BCUT2D eigenvalue weighted by Crippen LogP contribution is -2.46. The van der Waals surface area contributed by atoms with E-state index in [1.54, 1.807) is 18.2 Å². The Labute approximate surface area is 202 Å². The Kier molecular flexibility index (Phi) is 7.19. The van der Waals surface area contributed by atoms with Gasteiger partial charge in [-0.1, -0.05) is 19.1 Å². The van der Waals surface area contributed by atoms with Crippen LogP contribution < -0.4 is 15.5 Å². The van der Waals surface area contributed by atoms with E-state index in [1.165, 1.54) is 18.2 Å². The Balaban J connectivity index is 1.34. The summed E-state index contributed by atoms with van der Waals surface area (Å²) in [6.07, 6.45) is 0. The molecule has 1 aliphatic heterocycles. The van der Waals surface area contributed by atoms with Gasteiger partial charge in [0.05, 0.1) is 10.5 Å². The minimum atomic E-state index is -0.548. The molecule has 0 bridgehead atoms. The van der Waals surface area contributed by atoms with E-state index in [0.29, 0.717) is 5.56 Å². The highest BCUT2D eigenvalue weighted by Gasteiger charge is 2.20. The van der Waals surface area contributed by atoms with Crippen molar-refractivity contribution in [1.82, 2.24) is 10.2 Å². The van der Waals surface area contributed by atoms with Crippen molar-refractivity contribution in [2.75, 3.05) is 42.9 Å². The van der Waals surface area contributed by atoms with Gasteiger partial charge in [0.1, 0.15) is 5.76 Å². The van der Waals surface area contributed by atoms with E-state index in [2.05, 4.69) is 27.4 Å². The number of benzene rings is 2. The molecule has 0 saturated carbocycles. The van der Waals surface area contributed by atoms with Crippen LogP contribution in [0.25, 0.3) is 11.3 Å². The van der Waals surface area contributed by atoms with Crippen LogP contribution in [0.1, 0.15) is 17.5 Å². The van der Waals surface area contributed by atoms with Crippen molar-refractivity contribution in [2.45, 2.75) is 6.92 Å². The molecule has 1 aromatic heterocycles. The third-order valence-electron chi connectivity index (χ3n) is 5.73. The van der Waals surface area contributed by atoms with Gasteiger partial charge < -0.3 is 19.5 Å². The Bertz CT molecular complexity index is 1190. The second-order valence-corrected chi connectivity index (χ2v) is 8.22. The number of furan rings is 1. The lowest BCUT2D eigenvalue weighted by Gasteiger charge is -2.35. The maximum absolute atomic E-state index is 12.5. The number of nitro groups is 1. The van der Waals surface area contributed by atoms with E-state index < -0.39 is 10.8 Å². The molecule has 0 spiro atoms. The molecule has 4 rings (SSSR count). The molecule has 1 amide bonds. The third-order valence-corrected chi connectivity index (χ3v) is 5.94. The predicted octanol–water partition coefficient (Wildman–Crippen LogP) is 4.12. The summed E-state index contributed by atoms with van der Waals surface area (Å²) in [6.45, 7) is 7.35. The quantitative estimate of drug-likeness (QED) is 0.309. The van der Waals surface area contributed by atoms with E-state index >= 15 is 0 Å². The molecular formula is C24H25N5O4S. The van der Waals surface area contributed by atoms with E-state index in [4.69, 9.17) is 16.6 Å². The first-order valence-corrected chi connectivity index (χ1v) is 11.4. The van der Waals surface area contributed by atoms with Crippen molar-refractivity contribution in [2.24, 2.45) is 0 Å². The summed E-state index contributed by atoms with van der Waals surface area (Å²) in [4.78, 5) is 28.1. The zero-order chi connectivity index (χ0) is 24.1. The van der Waals surface area contributed by atoms with Crippen molar-refractivity contribution in [1.29, 1.82) is 0 Å². The summed E-state index contributed by atoms with van der Waals surface area (Å²) in [5.41, 5.74) is 2.09. The fraction of sp³-hybridized carbons (Fsp3) is 0.250. The fourth-order valence-electron chi connectivity index (χ4n) is 3.85. The summed E-state index contributed by atoms with van der Waals surface area (Å²) in [5, 5.41) is 16.9. The number of hydrogen-bond acceptors (Lipinski definition) is 7. The first-order chi connectivity index (χ1) is 16.4. The summed E-state index contributed by atoms with van der Waals surface area (Å²) >= 11 is 5.26. The van der Waals surface area contributed by atoms with Crippen molar-refractivity contribution in [3.8, 4) is 11.3 Å². The van der Waals surface area contributed by atoms with Gasteiger partial charge in [-0.3, -0.25) is 20.2 Å². The van der Waals surface area contributed by atoms with Crippen LogP contribution in [-0.2, 0) is 0 Å². The highest BCUT2D eigenvalue weighted by Crippen LogP contribution is 2.30. The summed E-state index contributed by atoms with van der Waals surface area (Å²) in [7, 11) is 0. The Morgan fingerprint density at radius 3 is 2.44 bits per heavy atom. The molecule has 0 radical (unpaired) electrons. The second-order valence-electron chi connectivity index (χ2n) is 7.81. The van der Waals surface area contributed by atoms with Crippen LogP contribution in [0.5, 0.6) is 0 Å². The first-order valence-electron chi connectivity index (χ1n) is 11.0. The average Bonchev–Trinajstić information content (AvgIpc) is 3.35. The first kappa shape index (κ1) is 23.4. The van der Waals surface area contributed by atoms with E-state index in [9.17, 15) is 14.9 Å². The molecule has 2 heterocycles. The number of piperazine rings is 1. The van der Waals surface area contributed by atoms with Crippen LogP contribution in [0.15, 0.2) is 65.1 Å². The number of carbonyl (C=O) groups is 1. The number of amides is 1. The maximum atomic E-state index is 12.5. The van der Waals surface area contributed by atoms with Gasteiger partial charge in [-0.25, -0.2) is 0 Å². The van der Waals surface area contributed by atoms with Crippen LogP contribution in [0.3, 0.4) is 0 Å². The summed E-state index contributed by atoms with van der Waals surface area (Å²) in [6, 6.07) is 17.1. The number of rotatable bonds is 6. The molecule has 2 N–H and O–H groups in total. The highest BCUT2D eigenvalue weighted by molar-refractivity contribution is 7.80. The minimum absolute atomic E-state index is 0.00105. The standard InChI is InChI=1S/C24H25N5O4S/c1-2-27-13-15-28(16-14-27)18-9-7-17(8-10-18)25-24(34)26-23(30)22-12-11-21(33-22)19-5-3-4-6-20(19)29(31)32/h3-12H,2,13-16H2,1H3,(H2,25,26,30,34). The van der Waals surface area contributed by atoms with Gasteiger partial charge in [-0.15, -0.1) is 0 Å². The predicted molar refractivity (Wildman–Crippen MR) is 135 cm³/mol. The number of likely N-dealkylation sites (N-methyl/N-ethyl adjacent to an activating group) is 1. The number of nitrogens with one attached hydrogen (secondary N) is 2. The Morgan fingerprint density at radius 2 is 1.76 bits per heavy atom.